The number of methoxy groups -OCH3 is 1. The van der Waals surface area contributed by atoms with E-state index in [0.717, 1.165) is 11.1 Å². The molecule has 0 aromatic heterocycles. The SMILES string of the molecule is COC(=O)[C@@H](/C=C/c1ccccc1)NC(=O)OCc1ccccc1. The number of carbonyl (C=O) groups is 2. The summed E-state index contributed by atoms with van der Waals surface area (Å²) in [7, 11) is 1.27. The fraction of sp³-hybridized carbons (Fsp3) is 0.158. The number of amides is 1. The van der Waals surface area contributed by atoms with Crippen molar-refractivity contribution in [3.63, 3.8) is 0 Å². The normalized spacial score (nSPS) is 11.7. The Balaban J connectivity index is 1.94. The van der Waals surface area contributed by atoms with Gasteiger partial charge in [-0.25, -0.2) is 9.59 Å². The fourth-order valence-electron chi connectivity index (χ4n) is 1.98. The van der Waals surface area contributed by atoms with Crippen LogP contribution in [0.2, 0.25) is 0 Å². The third kappa shape index (κ3) is 5.61. The molecule has 1 atom stereocenters. The molecule has 0 saturated carbocycles. The highest BCUT2D eigenvalue weighted by molar-refractivity contribution is 5.84. The molecule has 5 heteroatoms. The first-order chi connectivity index (χ1) is 11.7. The van der Waals surface area contributed by atoms with Gasteiger partial charge in [0, 0.05) is 0 Å². The zero-order valence-corrected chi connectivity index (χ0v) is 13.3. The Labute approximate surface area is 140 Å². The Kier molecular flexibility index (Phi) is 6.58. The molecule has 0 aliphatic carbocycles. The number of carbonyl (C=O) groups excluding carboxylic acids is 2. The summed E-state index contributed by atoms with van der Waals surface area (Å²) in [5.41, 5.74) is 1.77. The highest BCUT2D eigenvalue weighted by Crippen LogP contribution is 2.04. The summed E-state index contributed by atoms with van der Waals surface area (Å²) in [6.45, 7) is 0.128. The highest BCUT2D eigenvalue weighted by atomic mass is 16.6. The van der Waals surface area contributed by atoms with Crippen LogP contribution in [0.3, 0.4) is 0 Å². The van der Waals surface area contributed by atoms with Crippen LogP contribution in [0.1, 0.15) is 11.1 Å². The summed E-state index contributed by atoms with van der Waals surface area (Å²) in [4.78, 5) is 23.7. The van der Waals surface area contributed by atoms with Crippen molar-refractivity contribution in [1.82, 2.24) is 5.32 Å². The minimum Gasteiger partial charge on any atom is -0.467 e. The van der Waals surface area contributed by atoms with Gasteiger partial charge in [-0.2, -0.15) is 0 Å². The zero-order chi connectivity index (χ0) is 17.2. The van der Waals surface area contributed by atoms with E-state index in [2.05, 4.69) is 5.32 Å². The topological polar surface area (TPSA) is 64.6 Å². The first-order valence-corrected chi connectivity index (χ1v) is 7.47. The lowest BCUT2D eigenvalue weighted by Crippen LogP contribution is -2.40. The average Bonchev–Trinajstić information content (AvgIpc) is 2.64. The molecule has 1 N–H and O–H groups in total. The van der Waals surface area contributed by atoms with Gasteiger partial charge in [0.15, 0.2) is 0 Å². The van der Waals surface area contributed by atoms with Crippen molar-refractivity contribution in [1.29, 1.82) is 0 Å². The van der Waals surface area contributed by atoms with Gasteiger partial charge in [0.1, 0.15) is 12.6 Å². The first-order valence-electron chi connectivity index (χ1n) is 7.47. The maximum atomic E-state index is 11.9. The van der Waals surface area contributed by atoms with Crippen LogP contribution in [0.4, 0.5) is 4.79 Å². The average molecular weight is 325 g/mol. The van der Waals surface area contributed by atoms with E-state index in [1.807, 2.05) is 60.7 Å². The summed E-state index contributed by atoms with van der Waals surface area (Å²) in [5, 5.41) is 2.49. The Bertz CT molecular complexity index is 683. The molecular weight excluding hydrogens is 306 g/mol. The van der Waals surface area contributed by atoms with Gasteiger partial charge in [-0.05, 0) is 11.1 Å². The lowest BCUT2D eigenvalue weighted by atomic mass is 10.2. The van der Waals surface area contributed by atoms with E-state index in [1.54, 1.807) is 12.2 Å². The van der Waals surface area contributed by atoms with E-state index < -0.39 is 18.1 Å². The lowest BCUT2D eigenvalue weighted by molar-refractivity contribution is -0.141. The van der Waals surface area contributed by atoms with Crippen LogP contribution in [0.15, 0.2) is 66.7 Å². The number of hydrogen-bond donors (Lipinski definition) is 1. The van der Waals surface area contributed by atoms with Gasteiger partial charge in [0.25, 0.3) is 0 Å². The molecule has 0 spiro atoms. The molecule has 0 fully saturated rings. The van der Waals surface area contributed by atoms with Crippen LogP contribution in [0, 0.1) is 0 Å². The monoisotopic (exact) mass is 325 g/mol. The van der Waals surface area contributed by atoms with Crippen molar-refractivity contribution in [2.24, 2.45) is 0 Å². The summed E-state index contributed by atoms with van der Waals surface area (Å²) in [6.07, 6.45) is 2.61. The molecule has 0 bridgehead atoms. The van der Waals surface area contributed by atoms with Crippen LogP contribution >= 0.6 is 0 Å². The number of hydrogen-bond acceptors (Lipinski definition) is 4. The van der Waals surface area contributed by atoms with Crippen molar-refractivity contribution in [3.8, 4) is 0 Å². The predicted octanol–water partition coefficient (Wildman–Crippen LogP) is 3.17. The molecule has 0 aliphatic heterocycles. The molecule has 0 unspecified atom stereocenters. The van der Waals surface area contributed by atoms with Gasteiger partial charge in [-0.1, -0.05) is 72.8 Å². The molecule has 0 radical (unpaired) electrons. The predicted molar refractivity (Wildman–Crippen MR) is 91.0 cm³/mol. The van der Waals surface area contributed by atoms with Crippen LogP contribution in [0.5, 0.6) is 0 Å². The van der Waals surface area contributed by atoms with Gasteiger partial charge in [-0.3, -0.25) is 0 Å². The maximum Gasteiger partial charge on any atom is 0.408 e. The largest absolute Gasteiger partial charge is 0.467 e. The molecule has 1 amide bonds. The lowest BCUT2D eigenvalue weighted by Gasteiger charge is -2.13. The second kappa shape index (κ2) is 9.15. The molecule has 2 rings (SSSR count). The minimum atomic E-state index is -0.918. The molecule has 124 valence electrons. The van der Waals surface area contributed by atoms with Crippen molar-refractivity contribution in [2.45, 2.75) is 12.6 Å². The summed E-state index contributed by atoms with van der Waals surface area (Å²) < 4.78 is 9.82. The molecule has 2 aromatic carbocycles. The second-order valence-corrected chi connectivity index (χ2v) is 4.98. The number of rotatable bonds is 6. The van der Waals surface area contributed by atoms with Gasteiger partial charge >= 0.3 is 12.1 Å². The molecule has 5 nitrogen and oxygen atoms in total. The second-order valence-electron chi connectivity index (χ2n) is 4.98. The van der Waals surface area contributed by atoms with Crippen molar-refractivity contribution in [3.05, 3.63) is 77.9 Å². The number of benzene rings is 2. The third-order valence-corrected chi connectivity index (χ3v) is 3.22. The Morgan fingerprint density at radius 2 is 1.67 bits per heavy atom. The van der Waals surface area contributed by atoms with E-state index >= 15 is 0 Å². The Morgan fingerprint density at radius 1 is 1.04 bits per heavy atom. The van der Waals surface area contributed by atoms with Crippen LogP contribution < -0.4 is 5.32 Å². The molecule has 2 aromatic rings. The number of alkyl carbamates (subject to hydrolysis) is 1. The van der Waals surface area contributed by atoms with E-state index in [4.69, 9.17) is 9.47 Å². The van der Waals surface area contributed by atoms with Crippen LogP contribution in [-0.4, -0.2) is 25.2 Å². The first kappa shape index (κ1) is 17.3. The van der Waals surface area contributed by atoms with E-state index in [-0.39, 0.29) is 6.61 Å². The van der Waals surface area contributed by atoms with Gasteiger partial charge in [0.05, 0.1) is 7.11 Å². The smallest absolute Gasteiger partial charge is 0.408 e. The van der Waals surface area contributed by atoms with Gasteiger partial charge in [0.2, 0.25) is 0 Å². The van der Waals surface area contributed by atoms with E-state index in [0.29, 0.717) is 0 Å². The van der Waals surface area contributed by atoms with Crippen LogP contribution in [0.25, 0.3) is 6.08 Å². The maximum absolute atomic E-state index is 11.9. The summed E-state index contributed by atoms with van der Waals surface area (Å²) >= 11 is 0. The van der Waals surface area contributed by atoms with Crippen molar-refractivity contribution >= 4 is 18.1 Å². The number of ether oxygens (including phenoxy) is 2. The number of esters is 1. The number of nitrogens with one attached hydrogen (secondary N) is 1. The Morgan fingerprint density at radius 3 is 2.29 bits per heavy atom. The fourth-order valence-corrected chi connectivity index (χ4v) is 1.98. The minimum absolute atomic E-state index is 0.128. The molecule has 0 aliphatic rings. The summed E-state index contributed by atoms with van der Waals surface area (Å²) in [6, 6.07) is 17.8. The van der Waals surface area contributed by atoms with Gasteiger partial charge in [-0.15, -0.1) is 0 Å². The Hall–Kier alpha value is -3.08. The van der Waals surface area contributed by atoms with Crippen molar-refractivity contribution < 1.29 is 19.1 Å². The summed E-state index contributed by atoms with van der Waals surface area (Å²) in [5.74, 6) is -0.571. The standard InChI is InChI=1S/C19H19NO4/c1-23-18(21)17(13-12-15-8-4-2-5-9-15)20-19(22)24-14-16-10-6-3-7-11-16/h2-13,17H,14H2,1H3,(H,20,22)/b13-12+/t17-/m1/s1. The van der Waals surface area contributed by atoms with E-state index in [9.17, 15) is 9.59 Å². The van der Waals surface area contributed by atoms with E-state index in [1.165, 1.54) is 7.11 Å². The molecule has 0 saturated heterocycles. The molecular formula is C19H19NO4. The van der Waals surface area contributed by atoms with Crippen LogP contribution in [-0.2, 0) is 20.9 Å². The molecule has 0 heterocycles. The zero-order valence-electron chi connectivity index (χ0n) is 13.3. The van der Waals surface area contributed by atoms with Crippen molar-refractivity contribution in [2.75, 3.05) is 7.11 Å². The quantitative estimate of drug-likeness (QED) is 0.829. The third-order valence-electron chi connectivity index (χ3n) is 3.22. The molecule has 24 heavy (non-hydrogen) atoms. The highest BCUT2D eigenvalue weighted by Gasteiger charge is 2.19. The van der Waals surface area contributed by atoms with Gasteiger partial charge < -0.3 is 14.8 Å².